The molecule has 0 aliphatic carbocycles. The number of nitrogens with two attached hydrogens (primary N) is 2. The number of hydrazine groups is 1. The van der Waals surface area contributed by atoms with Gasteiger partial charge in [-0.05, 0) is 25.5 Å². The second-order valence-corrected chi connectivity index (χ2v) is 4.26. The average molecular weight is 252 g/mol. The summed E-state index contributed by atoms with van der Waals surface area (Å²) >= 11 is 0. The molecule has 1 aromatic rings. The van der Waals surface area contributed by atoms with Crippen LogP contribution in [-0.2, 0) is 11.3 Å². The monoisotopic (exact) mass is 252 g/mol. The van der Waals surface area contributed by atoms with Crippen LogP contribution in [0.3, 0.4) is 0 Å². The summed E-state index contributed by atoms with van der Waals surface area (Å²) in [7, 11) is 0. The Bertz CT molecular complexity index is 457. The van der Waals surface area contributed by atoms with Crippen molar-refractivity contribution in [2.45, 2.75) is 25.4 Å². The van der Waals surface area contributed by atoms with E-state index in [4.69, 9.17) is 16.0 Å². The predicted molar refractivity (Wildman–Crippen MR) is 63.0 cm³/mol. The number of nitrogens with zero attached hydrogens (tertiary/aromatic N) is 1. The maximum atomic E-state index is 11.5. The van der Waals surface area contributed by atoms with Crippen molar-refractivity contribution in [2.75, 3.05) is 6.54 Å². The Labute approximate surface area is 104 Å². The van der Waals surface area contributed by atoms with Crippen LogP contribution in [0.25, 0.3) is 0 Å². The number of likely N-dealkylation sites (tertiary alicyclic amines) is 1. The van der Waals surface area contributed by atoms with Crippen molar-refractivity contribution in [2.24, 2.45) is 11.6 Å². The van der Waals surface area contributed by atoms with Crippen LogP contribution in [0.4, 0.5) is 0 Å². The van der Waals surface area contributed by atoms with Crippen molar-refractivity contribution < 1.29 is 14.0 Å². The zero-order chi connectivity index (χ0) is 13.1. The minimum Gasteiger partial charge on any atom is -0.467 e. The molecule has 98 valence electrons. The molecular formula is C11H16N4O3. The van der Waals surface area contributed by atoms with Gasteiger partial charge in [0.1, 0.15) is 5.76 Å². The average Bonchev–Trinajstić information content (AvgIpc) is 2.97. The summed E-state index contributed by atoms with van der Waals surface area (Å²) in [5.41, 5.74) is 7.77. The van der Waals surface area contributed by atoms with Crippen molar-refractivity contribution in [3.05, 3.63) is 23.7 Å². The molecule has 7 heteroatoms. The molecule has 1 aliphatic rings. The van der Waals surface area contributed by atoms with Gasteiger partial charge in [-0.3, -0.25) is 19.9 Å². The largest absolute Gasteiger partial charge is 0.467 e. The molecule has 1 saturated heterocycles. The molecule has 1 aliphatic heterocycles. The molecule has 0 radical (unpaired) electrons. The lowest BCUT2D eigenvalue weighted by atomic mass is 10.2. The normalized spacial score (nSPS) is 19.9. The SMILES string of the molecule is NNC(=O)c1ccoc1CN1CCCC1C(N)=O. The van der Waals surface area contributed by atoms with Crippen LogP contribution < -0.4 is 17.0 Å². The molecule has 7 nitrogen and oxygen atoms in total. The molecule has 1 aromatic heterocycles. The number of hydrogen-bond donors (Lipinski definition) is 3. The van der Waals surface area contributed by atoms with E-state index < -0.39 is 5.91 Å². The summed E-state index contributed by atoms with van der Waals surface area (Å²) in [6.45, 7) is 1.14. The van der Waals surface area contributed by atoms with Crippen molar-refractivity contribution >= 4 is 11.8 Å². The third-order valence-corrected chi connectivity index (χ3v) is 3.16. The number of rotatable bonds is 4. The smallest absolute Gasteiger partial charge is 0.268 e. The number of hydrogen-bond acceptors (Lipinski definition) is 5. The highest BCUT2D eigenvalue weighted by Gasteiger charge is 2.30. The molecule has 2 amide bonds. The van der Waals surface area contributed by atoms with Crippen LogP contribution in [0.2, 0.25) is 0 Å². The second kappa shape index (κ2) is 5.19. The molecule has 1 atom stereocenters. The molecule has 0 saturated carbocycles. The summed E-state index contributed by atoms with van der Waals surface area (Å²) in [6, 6.07) is 1.26. The van der Waals surface area contributed by atoms with E-state index in [0.29, 0.717) is 17.9 Å². The maximum absolute atomic E-state index is 11.5. The van der Waals surface area contributed by atoms with Gasteiger partial charge in [-0.15, -0.1) is 0 Å². The van der Waals surface area contributed by atoms with Crippen molar-refractivity contribution in [3.8, 4) is 0 Å². The van der Waals surface area contributed by atoms with Gasteiger partial charge in [-0.25, -0.2) is 5.84 Å². The zero-order valence-electron chi connectivity index (χ0n) is 9.89. The van der Waals surface area contributed by atoms with Gasteiger partial charge in [0.25, 0.3) is 5.91 Å². The molecule has 0 spiro atoms. The van der Waals surface area contributed by atoms with Gasteiger partial charge < -0.3 is 10.2 Å². The van der Waals surface area contributed by atoms with Gasteiger partial charge in [0.05, 0.1) is 24.4 Å². The van der Waals surface area contributed by atoms with E-state index in [-0.39, 0.29) is 11.9 Å². The number of amides is 2. The van der Waals surface area contributed by atoms with Crippen molar-refractivity contribution in [1.82, 2.24) is 10.3 Å². The molecule has 1 unspecified atom stereocenters. The summed E-state index contributed by atoms with van der Waals surface area (Å²) in [6.07, 6.45) is 3.08. The molecule has 0 bridgehead atoms. The number of carbonyl (C=O) groups is 2. The first-order valence-electron chi connectivity index (χ1n) is 5.74. The minimum absolute atomic E-state index is 0.288. The van der Waals surface area contributed by atoms with Crippen LogP contribution in [-0.4, -0.2) is 29.3 Å². The number of primary amides is 1. The first-order valence-corrected chi connectivity index (χ1v) is 5.74. The lowest BCUT2D eigenvalue weighted by Gasteiger charge is -2.20. The van der Waals surface area contributed by atoms with E-state index in [1.54, 1.807) is 6.07 Å². The molecule has 2 heterocycles. The molecule has 1 fully saturated rings. The van der Waals surface area contributed by atoms with Gasteiger partial charge in [-0.1, -0.05) is 0 Å². The van der Waals surface area contributed by atoms with Crippen LogP contribution in [0.15, 0.2) is 16.7 Å². The van der Waals surface area contributed by atoms with E-state index in [2.05, 4.69) is 5.43 Å². The van der Waals surface area contributed by atoms with Gasteiger partial charge in [0, 0.05) is 0 Å². The molecular weight excluding hydrogens is 236 g/mol. The Morgan fingerprint density at radius 3 is 3.00 bits per heavy atom. The Balaban J connectivity index is 2.12. The standard InChI is InChI=1S/C11H16N4O3/c12-10(16)8-2-1-4-15(8)6-9-7(3-5-18-9)11(17)14-13/h3,5,8H,1-2,4,6,13H2,(H2,12,16)(H,14,17). The Hall–Kier alpha value is -1.86. The quantitative estimate of drug-likeness (QED) is 0.373. The zero-order valence-corrected chi connectivity index (χ0v) is 9.89. The topological polar surface area (TPSA) is 115 Å². The highest BCUT2D eigenvalue weighted by atomic mass is 16.3. The summed E-state index contributed by atoms with van der Waals surface area (Å²) in [5, 5.41) is 0. The number of nitrogen functional groups attached to an aromatic ring is 1. The van der Waals surface area contributed by atoms with E-state index in [9.17, 15) is 9.59 Å². The molecule has 18 heavy (non-hydrogen) atoms. The van der Waals surface area contributed by atoms with Crippen LogP contribution >= 0.6 is 0 Å². The fourth-order valence-electron chi connectivity index (χ4n) is 2.27. The first-order chi connectivity index (χ1) is 8.63. The van der Waals surface area contributed by atoms with Crippen LogP contribution in [0.5, 0.6) is 0 Å². The van der Waals surface area contributed by atoms with Crippen molar-refractivity contribution in [1.29, 1.82) is 0 Å². The number of carbonyl (C=O) groups excluding carboxylic acids is 2. The lowest BCUT2D eigenvalue weighted by Crippen LogP contribution is -2.40. The fraction of sp³-hybridized carbons (Fsp3) is 0.455. The number of nitrogens with one attached hydrogen (secondary N) is 1. The Morgan fingerprint density at radius 1 is 1.56 bits per heavy atom. The third-order valence-electron chi connectivity index (χ3n) is 3.16. The Morgan fingerprint density at radius 2 is 2.33 bits per heavy atom. The fourth-order valence-corrected chi connectivity index (χ4v) is 2.27. The van der Waals surface area contributed by atoms with Gasteiger partial charge >= 0.3 is 0 Å². The molecule has 0 aromatic carbocycles. The lowest BCUT2D eigenvalue weighted by molar-refractivity contribution is -0.122. The Kier molecular flexibility index (Phi) is 3.63. The van der Waals surface area contributed by atoms with Crippen LogP contribution in [0, 0.1) is 0 Å². The first kappa shape index (κ1) is 12.6. The van der Waals surface area contributed by atoms with E-state index in [1.807, 2.05) is 4.90 Å². The second-order valence-electron chi connectivity index (χ2n) is 4.26. The summed E-state index contributed by atoms with van der Waals surface area (Å²) in [4.78, 5) is 24.7. The van der Waals surface area contributed by atoms with E-state index in [0.717, 1.165) is 19.4 Å². The van der Waals surface area contributed by atoms with Gasteiger partial charge in [0.2, 0.25) is 5.91 Å². The summed E-state index contributed by atoms with van der Waals surface area (Å²) < 4.78 is 5.27. The highest BCUT2D eigenvalue weighted by Crippen LogP contribution is 2.21. The van der Waals surface area contributed by atoms with Crippen molar-refractivity contribution in [3.63, 3.8) is 0 Å². The van der Waals surface area contributed by atoms with Crippen LogP contribution in [0.1, 0.15) is 29.0 Å². The minimum atomic E-state index is -0.409. The molecule has 5 N–H and O–H groups in total. The predicted octanol–water partition coefficient (Wildman–Crippen LogP) is -0.667. The third kappa shape index (κ3) is 2.36. The highest BCUT2D eigenvalue weighted by molar-refractivity contribution is 5.94. The summed E-state index contributed by atoms with van der Waals surface area (Å²) in [5.74, 6) is 4.83. The van der Waals surface area contributed by atoms with E-state index >= 15 is 0 Å². The van der Waals surface area contributed by atoms with Gasteiger partial charge in [-0.2, -0.15) is 0 Å². The van der Waals surface area contributed by atoms with E-state index in [1.165, 1.54) is 6.26 Å². The van der Waals surface area contributed by atoms with Gasteiger partial charge in [0.15, 0.2) is 0 Å². The maximum Gasteiger partial charge on any atom is 0.268 e. The molecule has 2 rings (SSSR count). The number of furan rings is 1.